The number of hydrogen-bond acceptors (Lipinski definition) is 4. The SMILES string of the molecule is CC1(O)CCN(CC(=O)NC(=O)NC(C)(C)C)C1. The average molecular weight is 257 g/mol. The molecule has 0 aliphatic carbocycles. The topological polar surface area (TPSA) is 81.7 Å². The van der Waals surface area contributed by atoms with Crippen molar-refractivity contribution < 1.29 is 14.7 Å². The van der Waals surface area contributed by atoms with Crippen LogP contribution in [-0.2, 0) is 4.79 Å². The Bertz CT molecular complexity index is 334. The molecule has 1 fully saturated rings. The molecule has 0 bridgehead atoms. The van der Waals surface area contributed by atoms with Crippen molar-refractivity contribution in [3.63, 3.8) is 0 Å². The number of nitrogens with one attached hydrogen (secondary N) is 2. The zero-order valence-corrected chi connectivity index (χ0v) is 11.5. The van der Waals surface area contributed by atoms with Crippen LogP contribution in [0.5, 0.6) is 0 Å². The monoisotopic (exact) mass is 257 g/mol. The highest BCUT2D eigenvalue weighted by Gasteiger charge is 2.32. The molecule has 3 N–H and O–H groups in total. The van der Waals surface area contributed by atoms with Gasteiger partial charge < -0.3 is 10.4 Å². The van der Waals surface area contributed by atoms with Gasteiger partial charge in [0.2, 0.25) is 5.91 Å². The first-order valence-corrected chi connectivity index (χ1v) is 6.14. The highest BCUT2D eigenvalue weighted by atomic mass is 16.3. The van der Waals surface area contributed by atoms with E-state index >= 15 is 0 Å². The molecule has 0 aromatic rings. The van der Waals surface area contributed by atoms with Crippen molar-refractivity contribution in [2.45, 2.75) is 45.3 Å². The van der Waals surface area contributed by atoms with E-state index in [1.165, 1.54) is 0 Å². The number of hydrogen-bond donors (Lipinski definition) is 3. The van der Waals surface area contributed by atoms with E-state index in [4.69, 9.17) is 0 Å². The summed E-state index contributed by atoms with van der Waals surface area (Å²) in [5.74, 6) is -0.352. The molecule has 6 heteroatoms. The second-order valence-corrected chi connectivity index (χ2v) is 6.21. The quantitative estimate of drug-likeness (QED) is 0.654. The molecule has 0 aromatic heterocycles. The predicted molar refractivity (Wildman–Crippen MR) is 68.1 cm³/mol. The Balaban J connectivity index is 2.32. The lowest BCUT2D eigenvalue weighted by atomic mass is 10.1. The first-order chi connectivity index (χ1) is 8.07. The van der Waals surface area contributed by atoms with Gasteiger partial charge in [-0.2, -0.15) is 0 Å². The summed E-state index contributed by atoms with van der Waals surface area (Å²) >= 11 is 0. The van der Waals surface area contributed by atoms with Crippen LogP contribution < -0.4 is 10.6 Å². The van der Waals surface area contributed by atoms with Crippen LogP contribution in [-0.4, -0.2) is 52.7 Å². The average Bonchev–Trinajstić information content (AvgIpc) is 2.40. The molecule has 3 amide bonds. The summed E-state index contributed by atoms with van der Waals surface area (Å²) in [5.41, 5.74) is -1.10. The highest BCUT2D eigenvalue weighted by molar-refractivity contribution is 5.95. The summed E-state index contributed by atoms with van der Waals surface area (Å²) < 4.78 is 0. The van der Waals surface area contributed by atoms with E-state index in [0.717, 1.165) is 0 Å². The minimum absolute atomic E-state index is 0.133. The van der Waals surface area contributed by atoms with Crippen molar-refractivity contribution >= 4 is 11.9 Å². The summed E-state index contributed by atoms with van der Waals surface area (Å²) in [6.45, 7) is 8.53. The standard InChI is InChI=1S/C12H23N3O3/c1-11(2,3)14-10(17)13-9(16)7-15-6-5-12(4,18)8-15/h18H,5-8H2,1-4H3,(H2,13,14,16,17). The third-order valence-corrected chi connectivity index (χ3v) is 2.64. The summed E-state index contributed by atoms with van der Waals surface area (Å²) in [6.07, 6.45) is 0.647. The molecule has 1 saturated heterocycles. The molecule has 0 spiro atoms. The minimum atomic E-state index is -0.728. The smallest absolute Gasteiger partial charge is 0.321 e. The van der Waals surface area contributed by atoms with Crippen LogP contribution in [0.15, 0.2) is 0 Å². The lowest BCUT2D eigenvalue weighted by molar-refractivity contribution is -0.121. The van der Waals surface area contributed by atoms with E-state index in [-0.39, 0.29) is 18.0 Å². The predicted octanol–water partition coefficient (Wildman–Crippen LogP) is 0.0674. The van der Waals surface area contributed by atoms with Gasteiger partial charge in [-0.15, -0.1) is 0 Å². The van der Waals surface area contributed by atoms with Crippen molar-refractivity contribution in [3.8, 4) is 0 Å². The molecule has 6 nitrogen and oxygen atoms in total. The Morgan fingerprint density at radius 2 is 2.00 bits per heavy atom. The zero-order valence-electron chi connectivity index (χ0n) is 11.5. The number of rotatable bonds is 2. The molecule has 1 unspecified atom stereocenters. The van der Waals surface area contributed by atoms with Crippen molar-refractivity contribution in [1.29, 1.82) is 0 Å². The Morgan fingerprint density at radius 1 is 1.39 bits per heavy atom. The minimum Gasteiger partial charge on any atom is -0.389 e. The number of β-amino-alcohol motifs (C(OH)–C–C–N with tert-alkyl or cyclic N) is 1. The number of urea groups is 1. The lowest BCUT2D eigenvalue weighted by Gasteiger charge is -2.21. The molecule has 1 atom stereocenters. The fourth-order valence-corrected chi connectivity index (χ4v) is 1.91. The number of amides is 3. The van der Waals surface area contributed by atoms with Crippen LogP contribution in [0.2, 0.25) is 0 Å². The van der Waals surface area contributed by atoms with E-state index in [0.29, 0.717) is 19.5 Å². The number of imide groups is 1. The van der Waals surface area contributed by atoms with Gasteiger partial charge >= 0.3 is 6.03 Å². The molecule has 0 aromatic carbocycles. The van der Waals surface area contributed by atoms with Crippen LogP contribution in [0.4, 0.5) is 4.79 Å². The molecular weight excluding hydrogens is 234 g/mol. The molecule has 104 valence electrons. The molecule has 1 aliphatic rings. The molecule has 1 aliphatic heterocycles. The molecule has 0 saturated carbocycles. The third kappa shape index (κ3) is 5.46. The molecule has 1 rings (SSSR count). The first-order valence-electron chi connectivity index (χ1n) is 6.14. The first kappa shape index (κ1) is 14.9. The summed E-state index contributed by atoms with van der Waals surface area (Å²) in [4.78, 5) is 24.9. The molecular formula is C12H23N3O3. The summed E-state index contributed by atoms with van der Waals surface area (Å²) in [5, 5.41) is 14.7. The number of likely N-dealkylation sites (tertiary alicyclic amines) is 1. The second kappa shape index (κ2) is 5.24. The van der Waals surface area contributed by atoms with Crippen molar-refractivity contribution in [3.05, 3.63) is 0 Å². The van der Waals surface area contributed by atoms with Gasteiger partial charge in [0.15, 0.2) is 0 Å². The maximum atomic E-state index is 11.6. The van der Waals surface area contributed by atoms with Gasteiger partial charge in [0.05, 0.1) is 12.1 Å². The van der Waals surface area contributed by atoms with E-state index in [9.17, 15) is 14.7 Å². The van der Waals surface area contributed by atoms with Crippen LogP contribution in [0.25, 0.3) is 0 Å². The van der Waals surface area contributed by atoms with Crippen LogP contribution >= 0.6 is 0 Å². The van der Waals surface area contributed by atoms with E-state index in [2.05, 4.69) is 10.6 Å². The normalized spacial score (nSPS) is 24.9. The van der Waals surface area contributed by atoms with E-state index in [1.807, 2.05) is 25.7 Å². The van der Waals surface area contributed by atoms with Crippen LogP contribution in [0.1, 0.15) is 34.1 Å². The second-order valence-electron chi connectivity index (χ2n) is 6.21. The van der Waals surface area contributed by atoms with E-state index in [1.54, 1.807) is 6.92 Å². The van der Waals surface area contributed by atoms with E-state index < -0.39 is 11.6 Å². The Labute approximate surface area is 108 Å². The van der Waals surface area contributed by atoms with Crippen molar-refractivity contribution in [2.24, 2.45) is 0 Å². The van der Waals surface area contributed by atoms with Crippen molar-refractivity contribution in [1.82, 2.24) is 15.5 Å². The highest BCUT2D eigenvalue weighted by Crippen LogP contribution is 2.19. The maximum absolute atomic E-state index is 11.6. The molecule has 1 heterocycles. The van der Waals surface area contributed by atoms with Crippen LogP contribution in [0.3, 0.4) is 0 Å². The number of nitrogens with zero attached hydrogens (tertiary/aromatic N) is 1. The number of aliphatic hydroxyl groups is 1. The van der Waals surface area contributed by atoms with Crippen LogP contribution in [0, 0.1) is 0 Å². The summed E-state index contributed by atoms with van der Waals surface area (Å²) in [7, 11) is 0. The van der Waals surface area contributed by atoms with Gasteiger partial charge in [0.25, 0.3) is 0 Å². The lowest BCUT2D eigenvalue weighted by Crippen LogP contribution is -2.50. The number of carbonyl (C=O) groups excluding carboxylic acids is 2. The van der Waals surface area contributed by atoms with Gasteiger partial charge in [-0.05, 0) is 34.1 Å². The van der Waals surface area contributed by atoms with Crippen molar-refractivity contribution in [2.75, 3.05) is 19.6 Å². The maximum Gasteiger partial charge on any atom is 0.321 e. The third-order valence-electron chi connectivity index (χ3n) is 2.64. The van der Waals surface area contributed by atoms with Gasteiger partial charge in [0, 0.05) is 18.6 Å². The largest absolute Gasteiger partial charge is 0.389 e. The number of carbonyl (C=O) groups is 2. The van der Waals surface area contributed by atoms with Gasteiger partial charge in [-0.1, -0.05) is 0 Å². The Kier molecular flexibility index (Phi) is 4.34. The molecule has 0 radical (unpaired) electrons. The van der Waals surface area contributed by atoms with Gasteiger partial charge in [0.1, 0.15) is 0 Å². The fraction of sp³-hybridized carbons (Fsp3) is 0.833. The molecule has 18 heavy (non-hydrogen) atoms. The zero-order chi connectivity index (χ0) is 14.0. The summed E-state index contributed by atoms with van der Waals surface area (Å²) in [6, 6.07) is -0.488. The Hall–Kier alpha value is -1.14. The van der Waals surface area contributed by atoms with Gasteiger partial charge in [-0.3, -0.25) is 15.0 Å². The van der Waals surface area contributed by atoms with Gasteiger partial charge in [-0.25, -0.2) is 4.79 Å². The fourth-order valence-electron chi connectivity index (χ4n) is 1.91. The Morgan fingerprint density at radius 3 is 2.44 bits per heavy atom.